The summed E-state index contributed by atoms with van der Waals surface area (Å²) in [6.07, 6.45) is 0.875. The van der Waals surface area contributed by atoms with Crippen LogP contribution in [0, 0.1) is 12.8 Å². The highest BCUT2D eigenvalue weighted by atomic mass is 32.2. The van der Waals surface area contributed by atoms with Gasteiger partial charge in [-0.3, -0.25) is 9.59 Å². The lowest BCUT2D eigenvalue weighted by Gasteiger charge is -2.16. The summed E-state index contributed by atoms with van der Waals surface area (Å²) in [6.45, 7) is 4.81. The lowest BCUT2D eigenvalue weighted by Crippen LogP contribution is -2.33. The molecule has 10 heteroatoms. The lowest BCUT2D eigenvalue weighted by atomic mass is 9.92. The number of hydrogen-bond donors (Lipinski definition) is 0. The van der Waals surface area contributed by atoms with E-state index in [9.17, 15) is 26.8 Å². The van der Waals surface area contributed by atoms with E-state index < -0.39 is 33.6 Å². The monoisotopic (exact) mass is 563 g/mol. The maximum atomic E-state index is 14.2. The van der Waals surface area contributed by atoms with Gasteiger partial charge in [0.25, 0.3) is 21.9 Å². The van der Waals surface area contributed by atoms with Gasteiger partial charge in [-0.1, -0.05) is 48.9 Å². The predicted molar refractivity (Wildman–Crippen MR) is 149 cm³/mol. The van der Waals surface area contributed by atoms with Gasteiger partial charge >= 0.3 is 0 Å². The summed E-state index contributed by atoms with van der Waals surface area (Å²) in [5.74, 6) is -5.23. The van der Waals surface area contributed by atoms with Crippen LogP contribution in [0.4, 0.5) is 14.5 Å². The number of ketones is 1. The molecule has 0 bridgehead atoms. The van der Waals surface area contributed by atoms with Crippen molar-refractivity contribution in [2.24, 2.45) is 11.0 Å². The molecule has 40 heavy (non-hydrogen) atoms. The van der Waals surface area contributed by atoms with Gasteiger partial charge < -0.3 is 0 Å². The molecule has 1 aliphatic rings. The van der Waals surface area contributed by atoms with E-state index in [0.29, 0.717) is 22.2 Å². The minimum Gasteiger partial charge on any atom is -0.298 e. The van der Waals surface area contributed by atoms with Crippen LogP contribution in [0.5, 0.6) is 0 Å². The smallest absolute Gasteiger partial charge is 0.273 e. The number of nitrogens with zero attached hydrogens (tertiary/aromatic N) is 3. The van der Waals surface area contributed by atoms with Crippen molar-refractivity contribution in [1.82, 2.24) is 3.97 Å². The molecule has 2 heterocycles. The number of aromatic nitrogens is 1. The third-order valence-corrected chi connectivity index (χ3v) is 8.79. The fraction of sp³-hybridized carbons (Fsp3) is 0.233. The highest BCUT2D eigenvalue weighted by Crippen LogP contribution is 2.33. The summed E-state index contributed by atoms with van der Waals surface area (Å²) in [5.41, 5.74) is 2.05. The Kier molecular flexibility index (Phi) is 6.91. The van der Waals surface area contributed by atoms with Crippen LogP contribution in [-0.2, 0) is 32.0 Å². The van der Waals surface area contributed by atoms with E-state index in [4.69, 9.17) is 0 Å². The number of halogens is 2. The number of alkyl halides is 2. The van der Waals surface area contributed by atoms with E-state index in [1.54, 1.807) is 49.4 Å². The minimum atomic E-state index is -3.91. The Balaban J connectivity index is 1.42. The Hall–Kier alpha value is -4.18. The maximum Gasteiger partial charge on any atom is 0.273 e. The Morgan fingerprint density at radius 3 is 2.42 bits per heavy atom. The van der Waals surface area contributed by atoms with Gasteiger partial charge in [0.15, 0.2) is 5.78 Å². The average Bonchev–Trinajstić information content (AvgIpc) is 3.49. The quantitative estimate of drug-likeness (QED) is 0.252. The topological polar surface area (TPSA) is 88.8 Å². The molecular formula is C30H27F2N3O4S. The second-order valence-corrected chi connectivity index (χ2v) is 11.7. The van der Waals surface area contributed by atoms with Gasteiger partial charge in [-0.05, 0) is 55.8 Å². The minimum absolute atomic E-state index is 0.124. The summed E-state index contributed by atoms with van der Waals surface area (Å²) < 4.78 is 56.2. The molecule has 1 aromatic heterocycles. The highest BCUT2D eigenvalue weighted by molar-refractivity contribution is 7.90. The molecule has 1 amide bonds. The molecule has 1 aliphatic heterocycles. The molecule has 1 atom stereocenters. The number of aryl methyl sites for hydroxylation is 1. The largest absolute Gasteiger partial charge is 0.298 e. The van der Waals surface area contributed by atoms with Crippen LogP contribution in [0.2, 0.25) is 0 Å². The number of carbonyl (C=O) groups excluding carboxylic acids is 2. The van der Waals surface area contributed by atoms with E-state index >= 15 is 0 Å². The number of fused-ring (bicyclic) bond motifs is 1. The number of benzene rings is 3. The molecule has 0 saturated carbocycles. The summed E-state index contributed by atoms with van der Waals surface area (Å²) in [5, 5.41) is 6.04. The van der Waals surface area contributed by atoms with E-state index in [0.717, 1.165) is 14.5 Å². The molecule has 206 valence electrons. The average molecular weight is 564 g/mol. The molecule has 0 spiro atoms. The Bertz CT molecular complexity index is 1780. The van der Waals surface area contributed by atoms with Crippen molar-refractivity contribution in [3.05, 3.63) is 95.7 Å². The summed E-state index contributed by atoms with van der Waals surface area (Å²) >= 11 is 0. The zero-order valence-corrected chi connectivity index (χ0v) is 23.0. The van der Waals surface area contributed by atoms with Crippen molar-refractivity contribution in [1.29, 1.82) is 0 Å². The Labute approximate surface area is 230 Å². The van der Waals surface area contributed by atoms with Gasteiger partial charge in [0.2, 0.25) is 0 Å². The SMILES string of the molecule is CCC(F)(F)c1cccc(CC(=O)C2C(=O)N(c3ccc4ccn(S(=O)(=O)c5ccc(C)cc5)c4c3)N=C2C)c1. The first-order valence-electron chi connectivity index (χ1n) is 12.7. The molecule has 0 radical (unpaired) electrons. The summed E-state index contributed by atoms with van der Waals surface area (Å²) in [7, 11) is -3.91. The second-order valence-electron chi connectivity index (χ2n) is 9.90. The molecule has 0 N–H and O–H groups in total. The first-order valence-corrected chi connectivity index (χ1v) is 14.2. The molecule has 4 aromatic rings. The van der Waals surface area contributed by atoms with Gasteiger partial charge in [-0.25, -0.2) is 21.2 Å². The molecule has 3 aromatic carbocycles. The number of hydrogen-bond acceptors (Lipinski definition) is 5. The molecule has 0 saturated heterocycles. The normalized spacial score (nSPS) is 16.0. The number of anilines is 1. The number of Topliss-reactive ketones (excluding diaryl/α,β-unsaturated/α-hetero) is 1. The molecule has 0 fully saturated rings. The lowest BCUT2D eigenvalue weighted by molar-refractivity contribution is -0.128. The predicted octanol–water partition coefficient (Wildman–Crippen LogP) is 5.84. The first-order chi connectivity index (χ1) is 18.9. The molecular weight excluding hydrogens is 536 g/mol. The van der Waals surface area contributed by atoms with E-state index in [2.05, 4.69) is 5.10 Å². The zero-order chi connectivity index (χ0) is 28.8. The fourth-order valence-corrected chi connectivity index (χ4v) is 6.14. The van der Waals surface area contributed by atoms with Crippen molar-refractivity contribution in [2.75, 3.05) is 5.01 Å². The number of amides is 1. The van der Waals surface area contributed by atoms with E-state index in [1.165, 1.54) is 43.5 Å². The maximum absolute atomic E-state index is 14.2. The van der Waals surface area contributed by atoms with Crippen LogP contribution in [0.15, 0.2) is 89.0 Å². The molecule has 7 nitrogen and oxygen atoms in total. The number of rotatable bonds is 8. The third kappa shape index (κ3) is 4.83. The molecule has 0 aliphatic carbocycles. The summed E-state index contributed by atoms with van der Waals surface area (Å²) in [6, 6.07) is 18.7. The van der Waals surface area contributed by atoms with Crippen molar-refractivity contribution in [2.45, 2.75) is 44.4 Å². The van der Waals surface area contributed by atoms with Gasteiger partial charge in [-0.15, -0.1) is 0 Å². The van der Waals surface area contributed by atoms with Crippen LogP contribution in [0.25, 0.3) is 10.9 Å². The first kappa shape index (κ1) is 27.4. The van der Waals surface area contributed by atoms with Gasteiger partial charge in [0.05, 0.1) is 21.8 Å². The van der Waals surface area contributed by atoms with Gasteiger partial charge in [-0.2, -0.15) is 10.1 Å². The third-order valence-electron chi connectivity index (χ3n) is 7.09. The zero-order valence-electron chi connectivity index (χ0n) is 22.1. The summed E-state index contributed by atoms with van der Waals surface area (Å²) in [4.78, 5) is 26.7. The standard InChI is InChI=1S/C30H27F2N3O4S/c1-4-30(31,32)23-7-5-6-21(16-23)17-27(36)28-20(3)33-35(29(28)37)24-11-10-22-14-15-34(26(22)18-24)40(38,39)25-12-8-19(2)9-13-25/h5-16,18,28H,4,17H2,1-3H3. The molecule has 1 unspecified atom stereocenters. The van der Waals surface area contributed by atoms with E-state index in [1.807, 2.05) is 6.92 Å². The number of hydrazone groups is 1. The Morgan fingerprint density at radius 2 is 1.73 bits per heavy atom. The van der Waals surface area contributed by atoms with Crippen LogP contribution in [-0.4, -0.2) is 29.8 Å². The van der Waals surface area contributed by atoms with Crippen LogP contribution in [0.1, 0.15) is 37.0 Å². The van der Waals surface area contributed by atoms with Crippen LogP contribution in [0.3, 0.4) is 0 Å². The van der Waals surface area contributed by atoms with Crippen LogP contribution >= 0.6 is 0 Å². The van der Waals surface area contributed by atoms with E-state index in [-0.39, 0.29) is 29.0 Å². The van der Waals surface area contributed by atoms with Crippen LogP contribution < -0.4 is 5.01 Å². The fourth-order valence-electron chi connectivity index (χ4n) is 4.79. The van der Waals surface area contributed by atoms with Gasteiger partial charge in [0.1, 0.15) is 5.92 Å². The van der Waals surface area contributed by atoms with Crippen molar-refractivity contribution in [3.8, 4) is 0 Å². The van der Waals surface area contributed by atoms with Crippen molar-refractivity contribution in [3.63, 3.8) is 0 Å². The van der Waals surface area contributed by atoms with Crippen molar-refractivity contribution >= 4 is 44.0 Å². The highest BCUT2D eigenvalue weighted by Gasteiger charge is 2.39. The number of carbonyl (C=O) groups is 2. The van der Waals surface area contributed by atoms with Gasteiger partial charge in [0, 0.05) is 30.0 Å². The second kappa shape index (κ2) is 10.1. The Morgan fingerprint density at radius 1 is 1.00 bits per heavy atom. The van der Waals surface area contributed by atoms with Crippen molar-refractivity contribution < 1.29 is 26.8 Å². The molecule has 5 rings (SSSR count).